The summed E-state index contributed by atoms with van der Waals surface area (Å²) in [7, 11) is 0. The van der Waals surface area contributed by atoms with E-state index in [1.807, 2.05) is 13.8 Å². The molecule has 0 unspecified atom stereocenters. The van der Waals surface area contributed by atoms with Crippen molar-refractivity contribution in [3.05, 3.63) is 22.5 Å². The molecule has 0 fully saturated rings. The zero-order valence-electron chi connectivity index (χ0n) is 16.0. The van der Waals surface area contributed by atoms with E-state index in [-0.39, 0.29) is 29.9 Å². The Bertz CT molecular complexity index is 846. The lowest BCUT2D eigenvalue weighted by molar-refractivity contribution is -0.113. The second-order valence-electron chi connectivity index (χ2n) is 6.09. The highest BCUT2D eigenvalue weighted by atomic mass is 32.2. The smallest absolute Gasteiger partial charge is 0.356 e. The number of rotatable bonds is 9. The molecule has 1 amide bonds. The maximum Gasteiger partial charge on any atom is 0.356 e. The molecule has 0 aliphatic rings. The van der Waals surface area contributed by atoms with Crippen LogP contribution in [-0.4, -0.2) is 51.8 Å². The maximum atomic E-state index is 12.1. The van der Waals surface area contributed by atoms with Crippen molar-refractivity contribution in [1.82, 2.24) is 15.0 Å². The number of carbonyl (C=O) groups excluding carboxylic acids is 3. The largest absolute Gasteiger partial charge is 0.461 e. The van der Waals surface area contributed by atoms with Crippen LogP contribution in [0.4, 0.5) is 5.13 Å². The molecule has 0 saturated carbocycles. The molecule has 152 valence electrons. The summed E-state index contributed by atoms with van der Waals surface area (Å²) < 4.78 is 10.1. The number of esters is 2. The first kappa shape index (κ1) is 21.9. The van der Waals surface area contributed by atoms with Gasteiger partial charge in [-0.25, -0.2) is 19.6 Å². The van der Waals surface area contributed by atoms with Gasteiger partial charge < -0.3 is 19.8 Å². The first-order valence-electron chi connectivity index (χ1n) is 8.59. The molecule has 0 spiro atoms. The predicted octanol–water partition coefficient (Wildman–Crippen LogP) is 2.89. The molecule has 2 aromatic rings. The molecule has 0 saturated heterocycles. The number of anilines is 1. The maximum absolute atomic E-state index is 12.1. The summed E-state index contributed by atoms with van der Waals surface area (Å²) in [6.45, 7) is 7.89. The molecule has 9 nitrogen and oxygen atoms in total. The number of amides is 1. The number of imidazole rings is 1. The highest BCUT2D eigenvalue weighted by Gasteiger charge is 2.19. The summed E-state index contributed by atoms with van der Waals surface area (Å²) in [5, 5.41) is 3.40. The van der Waals surface area contributed by atoms with E-state index in [1.165, 1.54) is 6.20 Å². The Morgan fingerprint density at radius 1 is 1.29 bits per heavy atom. The molecule has 2 rings (SSSR count). The summed E-state index contributed by atoms with van der Waals surface area (Å²) in [5.41, 5.74) is 0.733. The van der Waals surface area contributed by atoms with Crippen LogP contribution in [-0.2, 0) is 14.3 Å². The van der Waals surface area contributed by atoms with Crippen LogP contribution in [0.5, 0.6) is 0 Å². The second-order valence-corrected chi connectivity index (χ2v) is 8.05. The van der Waals surface area contributed by atoms with Crippen LogP contribution >= 0.6 is 23.1 Å². The van der Waals surface area contributed by atoms with Crippen LogP contribution in [0.25, 0.3) is 0 Å². The number of carbonyl (C=O) groups is 3. The third-order valence-corrected chi connectivity index (χ3v) is 5.10. The number of thioether (sulfide) groups is 1. The van der Waals surface area contributed by atoms with Crippen LogP contribution in [0.3, 0.4) is 0 Å². The Balaban J connectivity index is 1.87. The number of hydrogen-bond donors (Lipinski definition) is 2. The van der Waals surface area contributed by atoms with E-state index in [0.717, 1.165) is 23.1 Å². The van der Waals surface area contributed by atoms with Crippen LogP contribution in [0.15, 0.2) is 11.4 Å². The minimum atomic E-state index is -0.499. The molecule has 0 aliphatic heterocycles. The summed E-state index contributed by atoms with van der Waals surface area (Å²) in [6, 6.07) is 0. The summed E-state index contributed by atoms with van der Waals surface area (Å²) in [5.74, 6) is -0.960. The first-order valence-corrected chi connectivity index (χ1v) is 10.4. The number of aromatic nitrogens is 3. The molecule has 0 radical (unpaired) electrons. The SMILES string of the molecule is CCOC(=O)c1cnc(SCC(=O)Nc2nc(C)c(C(=O)OCC(C)C)s2)[nH]1. The molecule has 2 N–H and O–H groups in total. The van der Waals surface area contributed by atoms with Gasteiger partial charge in [-0.2, -0.15) is 0 Å². The fraction of sp³-hybridized carbons (Fsp3) is 0.471. The van der Waals surface area contributed by atoms with Crippen molar-refractivity contribution in [1.29, 1.82) is 0 Å². The zero-order valence-corrected chi connectivity index (χ0v) is 17.7. The number of ether oxygens (including phenoxy) is 2. The Kier molecular flexibility index (Phi) is 8.00. The summed E-state index contributed by atoms with van der Waals surface area (Å²) >= 11 is 2.20. The number of H-pyrrole nitrogens is 1. The van der Waals surface area contributed by atoms with Crippen molar-refractivity contribution in [2.45, 2.75) is 32.9 Å². The lowest BCUT2D eigenvalue weighted by Crippen LogP contribution is -2.14. The average Bonchev–Trinajstić information content (AvgIpc) is 3.25. The summed E-state index contributed by atoms with van der Waals surface area (Å²) in [6.07, 6.45) is 1.36. The third kappa shape index (κ3) is 6.34. The van der Waals surface area contributed by atoms with Crippen molar-refractivity contribution < 1.29 is 23.9 Å². The highest BCUT2D eigenvalue weighted by Crippen LogP contribution is 2.24. The number of aryl methyl sites for hydroxylation is 1. The van der Waals surface area contributed by atoms with Crippen LogP contribution in [0.1, 0.15) is 46.6 Å². The molecule has 11 heteroatoms. The highest BCUT2D eigenvalue weighted by molar-refractivity contribution is 7.99. The van der Waals surface area contributed by atoms with E-state index in [4.69, 9.17) is 9.47 Å². The van der Waals surface area contributed by atoms with Crippen LogP contribution in [0, 0.1) is 12.8 Å². The van der Waals surface area contributed by atoms with E-state index >= 15 is 0 Å². The average molecular weight is 427 g/mol. The zero-order chi connectivity index (χ0) is 20.7. The lowest BCUT2D eigenvalue weighted by Gasteiger charge is -2.05. The van der Waals surface area contributed by atoms with Gasteiger partial charge in [-0.3, -0.25) is 4.79 Å². The van der Waals surface area contributed by atoms with E-state index in [1.54, 1.807) is 13.8 Å². The minimum absolute atomic E-state index is 0.0571. The minimum Gasteiger partial charge on any atom is -0.461 e. The third-order valence-electron chi connectivity index (χ3n) is 3.16. The number of nitrogens with zero attached hydrogens (tertiary/aromatic N) is 2. The van der Waals surface area contributed by atoms with Crippen LogP contribution in [0.2, 0.25) is 0 Å². The van der Waals surface area contributed by atoms with Gasteiger partial charge in [-0.15, -0.1) is 0 Å². The topological polar surface area (TPSA) is 123 Å². The van der Waals surface area contributed by atoms with Gasteiger partial charge in [-0.1, -0.05) is 36.9 Å². The molecule has 0 atom stereocenters. The van der Waals surface area contributed by atoms with Gasteiger partial charge in [0.25, 0.3) is 0 Å². The molecule has 0 bridgehead atoms. The number of nitrogens with one attached hydrogen (secondary N) is 2. The molecule has 0 aliphatic carbocycles. The number of hydrogen-bond acceptors (Lipinski definition) is 9. The van der Waals surface area contributed by atoms with Gasteiger partial charge in [0, 0.05) is 0 Å². The molecular formula is C17H22N4O5S2. The molecule has 28 heavy (non-hydrogen) atoms. The fourth-order valence-electron chi connectivity index (χ4n) is 1.93. The monoisotopic (exact) mass is 426 g/mol. The first-order chi connectivity index (χ1) is 13.3. The fourth-order valence-corrected chi connectivity index (χ4v) is 3.45. The van der Waals surface area contributed by atoms with E-state index in [0.29, 0.717) is 27.5 Å². The van der Waals surface area contributed by atoms with Crippen molar-refractivity contribution >= 4 is 46.1 Å². The quantitative estimate of drug-likeness (QED) is 0.463. The van der Waals surface area contributed by atoms with E-state index in [9.17, 15) is 14.4 Å². The number of aromatic amines is 1. The second kappa shape index (κ2) is 10.2. The van der Waals surface area contributed by atoms with Crippen molar-refractivity contribution in [2.24, 2.45) is 5.92 Å². The Hall–Kier alpha value is -2.40. The van der Waals surface area contributed by atoms with E-state index in [2.05, 4.69) is 20.3 Å². The lowest BCUT2D eigenvalue weighted by atomic mass is 10.2. The van der Waals surface area contributed by atoms with Gasteiger partial charge in [0.1, 0.15) is 10.6 Å². The molecule has 2 aromatic heterocycles. The van der Waals surface area contributed by atoms with Gasteiger partial charge in [0.05, 0.1) is 30.9 Å². The van der Waals surface area contributed by atoms with Gasteiger partial charge >= 0.3 is 11.9 Å². The summed E-state index contributed by atoms with van der Waals surface area (Å²) in [4.78, 5) is 47.1. The Morgan fingerprint density at radius 2 is 2.04 bits per heavy atom. The van der Waals surface area contributed by atoms with Crippen molar-refractivity contribution in [2.75, 3.05) is 24.3 Å². The predicted molar refractivity (Wildman–Crippen MR) is 106 cm³/mol. The van der Waals surface area contributed by atoms with Gasteiger partial charge in [0.2, 0.25) is 5.91 Å². The molecule has 2 heterocycles. The molecule has 0 aromatic carbocycles. The number of thiazole rings is 1. The van der Waals surface area contributed by atoms with Crippen LogP contribution < -0.4 is 5.32 Å². The Labute approximate surface area is 170 Å². The molecular weight excluding hydrogens is 404 g/mol. The van der Waals surface area contributed by atoms with E-state index < -0.39 is 11.9 Å². The van der Waals surface area contributed by atoms with Gasteiger partial charge in [0.15, 0.2) is 10.3 Å². The van der Waals surface area contributed by atoms with Gasteiger partial charge in [-0.05, 0) is 19.8 Å². The standard InChI is InChI=1S/C17H22N4O5S2/c1-5-25-14(23)11-6-18-16(20-11)27-8-12(22)21-17-19-10(4)13(28-17)15(24)26-7-9(2)3/h6,9H,5,7-8H2,1-4H3,(H,18,20)(H,19,21,22). The van der Waals surface area contributed by atoms with Crippen molar-refractivity contribution in [3.8, 4) is 0 Å². The Morgan fingerprint density at radius 3 is 2.71 bits per heavy atom. The normalized spacial score (nSPS) is 10.8. The van der Waals surface area contributed by atoms with Crippen molar-refractivity contribution in [3.63, 3.8) is 0 Å².